The van der Waals surface area contributed by atoms with Gasteiger partial charge in [0.05, 0.1) is 0 Å². The molecule has 0 unspecified atom stereocenters. The number of rotatable bonds is 2. The summed E-state index contributed by atoms with van der Waals surface area (Å²) >= 11 is 0. The molecule has 1 aliphatic carbocycles. The first-order valence-electron chi connectivity index (χ1n) is 3.91. The van der Waals surface area contributed by atoms with Crippen LogP contribution in [-0.4, -0.2) is 11.3 Å². The standard InChI is InChI=1S/C8H15NO/c1-7(10)6-8(9)4-2-3-5-8/h2-6,9H2,1H3. The van der Waals surface area contributed by atoms with Gasteiger partial charge in [-0.25, -0.2) is 0 Å². The summed E-state index contributed by atoms with van der Waals surface area (Å²) in [4.78, 5) is 10.7. The fraction of sp³-hybridized carbons (Fsp3) is 0.875. The molecule has 2 nitrogen and oxygen atoms in total. The lowest BCUT2D eigenvalue weighted by Gasteiger charge is -2.21. The summed E-state index contributed by atoms with van der Waals surface area (Å²) in [5.41, 5.74) is 5.81. The van der Waals surface area contributed by atoms with Crippen molar-refractivity contribution in [2.75, 3.05) is 0 Å². The Morgan fingerprint density at radius 1 is 1.50 bits per heavy atom. The minimum absolute atomic E-state index is 0.133. The Balaban J connectivity index is 2.43. The molecule has 0 spiro atoms. The maximum atomic E-state index is 10.7. The number of nitrogens with two attached hydrogens (primary N) is 1. The summed E-state index contributed by atoms with van der Waals surface area (Å²) < 4.78 is 0. The molecule has 0 amide bonds. The van der Waals surface area contributed by atoms with E-state index in [4.69, 9.17) is 5.73 Å². The summed E-state index contributed by atoms with van der Waals surface area (Å²) in [5.74, 6) is 0.226. The van der Waals surface area contributed by atoms with Crippen LogP contribution in [0.15, 0.2) is 0 Å². The lowest BCUT2D eigenvalue weighted by Crippen LogP contribution is -2.38. The molecule has 1 aliphatic rings. The minimum atomic E-state index is -0.133. The van der Waals surface area contributed by atoms with Crippen molar-refractivity contribution in [1.82, 2.24) is 0 Å². The van der Waals surface area contributed by atoms with Gasteiger partial charge in [0.2, 0.25) is 0 Å². The van der Waals surface area contributed by atoms with E-state index in [1.54, 1.807) is 6.92 Å². The highest BCUT2D eigenvalue weighted by Crippen LogP contribution is 2.29. The molecule has 0 atom stereocenters. The molecular weight excluding hydrogens is 126 g/mol. The van der Waals surface area contributed by atoms with Crippen LogP contribution in [0.1, 0.15) is 39.0 Å². The molecule has 0 saturated heterocycles. The van der Waals surface area contributed by atoms with Crippen LogP contribution in [0.3, 0.4) is 0 Å². The fourth-order valence-electron chi connectivity index (χ4n) is 1.75. The van der Waals surface area contributed by atoms with Gasteiger partial charge in [0, 0.05) is 12.0 Å². The number of carbonyl (C=O) groups excluding carboxylic acids is 1. The Bertz CT molecular complexity index is 136. The molecule has 0 aromatic rings. The molecule has 0 aromatic carbocycles. The molecule has 2 N–H and O–H groups in total. The molecule has 1 saturated carbocycles. The van der Waals surface area contributed by atoms with E-state index in [9.17, 15) is 4.79 Å². The molecule has 0 bridgehead atoms. The lowest BCUT2D eigenvalue weighted by atomic mass is 9.93. The van der Waals surface area contributed by atoms with E-state index in [1.807, 2.05) is 0 Å². The SMILES string of the molecule is CC(=O)CC1(N)CCCC1. The van der Waals surface area contributed by atoms with Crippen molar-refractivity contribution >= 4 is 5.78 Å². The molecule has 2 heteroatoms. The molecule has 0 heterocycles. The predicted octanol–water partition coefficient (Wildman–Crippen LogP) is 1.24. The van der Waals surface area contributed by atoms with Gasteiger partial charge >= 0.3 is 0 Å². The zero-order valence-corrected chi connectivity index (χ0v) is 6.52. The first-order valence-corrected chi connectivity index (χ1v) is 3.91. The van der Waals surface area contributed by atoms with Crippen LogP contribution in [0.25, 0.3) is 0 Å². The first kappa shape index (κ1) is 7.73. The van der Waals surface area contributed by atoms with Crippen molar-refractivity contribution < 1.29 is 4.79 Å². The zero-order chi connectivity index (χ0) is 7.61. The smallest absolute Gasteiger partial charge is 0.131 e. The van der Waals surface area contributed by atoms with Gasteiger partial charge in [-0.1, -0.05) is 12.8 Å². The highest BCUT2D eigenvalue weighted by molar-refractivity contribution is 5.76. The van der Waals surface area contributed by atoms with E-state index in [0.29, 0.717) is 6.42 Å². The molecule has 0 aromatic heterocycles. The number of Topliss-reactive ketones (excluding diaryl/α,β-unsaturated/α-hetero) is 1. The van der Waals surface area contributed by atoms with Gasteiger partial charge in [0.25, 0.3) is 0 Å². The van der Waals surface area contributed by atoms with Gasteiger partial charge < -0.3 is 5.73 Å². The second-order valence-corrected chi connectivity index (χ2v) is 3.45. The Kier molecular flexibility index (Phi) is 2.09. The molecule has 0 radical (unpaired) electrons. The van der Waals surface area contributed by atoms with E-state index < -0.39 is 0 Å². The molecule has 10 heavy (non-hydrogen) atoms. The lowest BCUT2D eigenvalue weighted by molar-refractivity contribution is -0.118. The van der Waals surface area contributed by atoms with Gasteiger partial charge in [-0.05, 0) is 19.8 Å². The van der Waals surface area contributed by atoms with E-state index in [0.717, 1.165) is 12.8 Å². The van der Waals surface area contributed by atoms with Crippen molar-refractivity contribution in [3.63, 3.8) is 0 Å². The van der Waals surface area contributed by atoms with Crippen LogP contribution in [0.4, 0.5) is 0 Å². The summed E-state index contributed by atoms with van der Waals surface area (Å²) in [6.07, 6.45) is 5.04. The van der Waals surface area contributed by atoms with Gasteiger partial charge in [-0.3, -0.25) is 4.79 Å². The third-order valence-corrected chi connectivity index (χ3v) is 2.20. The summed E-state index contributed by atoms with van der Waals surface area (Å²) in [6.45, 7) is 1.62. The summed E-state index contributed by atoms with van der Waals surface area (Å²) in [5, 5.41) is 0. The third kappa shape index (κ3) is 1.81. The minimum Gasteiger partial charge on any atom is -0.325 e. The van der Waals surface area contributed by atoms with Crippen LogP contribution in [0, 0.1) is 0 Å². The second-order valence-electron chi connectivity index (χ2n) is 3.45. The van der Waals surface area contributed by atoms with Gasteiger partial charge in [0.15, 0.2) is 0 Å². The number of ketones is 1. The number of carbonyl (C=O) groups is 1. The second kappa shape index (κ2) is 2.70. The zero-order valence-electron chi connectivity index (χ0n) is 6.52. The number of hydrogen-bond donors (Lipinski definition) is 1. The van der Waals surface area contributed by atoms with E-state index in [1.165, 1.54) is 12.8 Å². The van der Waals surface area contributed by atoms with Crippen molar-refractivity contribution in [2.45, 2.75) is 44.6 Å². The topological polar surface area (TPSA) is 43.1 Å². The van der Waals surface area contributed by atoms with Crippen molar-refractivity contribution in [3.8, 4) is 0 Å². The van der Waals surface area contributed by atoms with Crippen molar-refractivity contribution in [1.29, 1.82) is 0 Å². The average molecular weight is 141 g/mol. The highest BCUT2D eigenvalue weighted by Gasteiger charge is 2.30. The highest BCUT2D eigenvalue weighted by atomic mass is 16.1. The molecular formula is C8H15NO. The Morgan fingerprint density at radius 3 is 2.40 bits per heavy atom. The van der Waals surface area contributed by atoms with Crippen LogP contribution in [0.5, 0.6) is 0 Å². The van der Waals surface area contributed by atoms with Crippen molar-refractivity contribution in [3.05, 3.63) is 0 Å². The van der Waals surface area contributed by atoms with E-state index in [-0.39, 0.29) is 11.3 Å². The van der Waals surface area contributed by atoms with Crippen LogP contribution >= 0.6 is 0 Å². The first-order chi connectivity index (χ1) is 4.62. The predicted molar refractivity (Wildman–Crippen MR) is 40.7 cm³/mol. The third-order valence-electron chi connectivity index (χ3n) is 2.20. The molecule has 0 aliphatic heterocycles. The normalized spacial score (nSPS) is 23.0. The van der Waals surface area contributed by atoms with E-state index >= 15 is 0 Å². The monoisotopic (exact) mass is 141 g/mol. The van der Waals surface area contributed by atoms with Crippen LogP contribution in [0.2, 0.25) is 0 Å². The average Bonchev–Trinajstić information content (AvgIpc) is 2.12. The Labute approximate surface area is 61.8 Å². The summed E-state index contributed by atoms with van der Waals surface area (Å²) in [7, 11) is 0. The van der Waals surface area contributed by atoms with Gasteiger partial charge in [-0.15, -0.1) is 0 Å². The van der Waals surface area contributed by atoms with Crippen LogP contribution in [-0.2, 0) is 4.79 Å². The largest absolute Gasteiger partial charge is 0.325 e. The van der Waals surface area contributed by atoms with Gasteiger partial charge in [0.1, 0.15) is 5.78 Å². The van der Waals surface area contributed by atoms with E-state index in [2.05, 4.69) is 0 Å². The summed E-state index contributed by atoms with van der Waals surface area (Å²) in [6, 6.07) is 0. The molecule has 58 valence electrons. The fourth-order valence-corrected chi connectivity index (χ4v) is 1.75. The number of hydrogen-bond acceptors (Lipinski definition) is 2. The van der Waals surface area contributed by atoms with Gasteiger partial charge in [-0.2, -0.15) is 0 Å². The molecule has 1 rings (SSSR count). The Hall–Kier alpha value is -0.370. The quantitative estimate of drug-likeness (QED) is 0.628. The van der Waals surface area contributed by atoms with Crippen LogP contribution < -0.4 is 5.73 Å². The Morgan fingerprint density at radius 2 is 2.00 bits per heavy atom. The molecule has 1 fully saturated rings. The van der Waals surface area contributed by atoms with Crippen molar-refractivity contribution in [2.24, 2.45) is 5.73 Å². The maximum absolute atomic E-state index is 10.7. The maximum Gasteiger partial charge on any atom is 0.131 e.